The van der Waals surface area contributed by atoms with Gasteiger partial charge in [-0.25, -0.2) is 4.57 Å². The average molecular weight is 875 g/mol. The van der Waals surface area contributed by atoms with Crippen molar-refractivity contribution in [2.45, 2.75) is 270 Å². The maximum Gasteiger partial charge on any atom is 0.472 e. The van der Waals surface area contributed by atoms with Crippen molar-refractivity contribution in [3.8, 4) is 0 Å². The Hall–Kier alpha value is -0.800. The molecule has 0 aliphatic carbocycles. The van der Waals surface area contributed by atoms with Crippen molar-refractivity contribution in [2.24, 2.45) is 0 Å². The highest BCUT2D eigenvalue weighted by Crippen LogP contribution is 2.43. The topological polar surface area (TPSA) is 132 Å². The van der Waals surface area contributed by atoms with E-state index in [2.05, 4.69) is 26.0 Å². The van der Waals surface area contributed by atoms with Crippen molar-refractivity contribution in [1.29, 1.82) is 0 Å². The van der Waals surface area contributed by atoms with Gasteiger partial charge in [-0.05, 0) is 38.5 Å². The summed E-state index contributed by atoms with van der Waals surface area (Å²) in [5, 5.41) is 18.4. The van der Waals surface area contributed by atoms with E-state index in [0.29, 0.717) is 6.61 Å². The molecule has 0 amide bonds. The van der Waals surface area contributed by atoms with Gasteiger partial charge in [0.15, 0.2) is 0 Å². The van der Waals surface area contributed by atoms with Gasteiger partial charge in [-0.2, -0.15) is 0 Å². The second-order valence-corrected chi connectivity index (χ2v) is 19.0. The molecular weight excluding hydrogens is 776 g/mol. The Morgan fingerprint density at radius 1 is 0.500 bits per heavy atom. The largest absolute Gasteiger partial charge is 0.472 e. The molecule has 0 saturated heterocycles. The molecule has 0 bridgehead atoms. The van der Waals surface area contributed by atoms with Crippen LogP contribution in [0.4, 0.5) is 0 Å². The summed E-state index contributed by atoms with van der Waals surface area (Å²) in [6, 6.07) is 0. The van der Waals surface area contributed by atoms with Crippen molar-refractivity contribution in [3.63, 3.8) is 0 Å². The lowest BCUT2D eigenvalue weighted by molar-refractivity contribution is -0.154. The van der Waals surface area contributed by atoms with Gasteiger partial charge in [-0.1, -0.05) is 225 Å². The van der Waals surface area contributed by atoms with Gasteiger partial charge in [0, 0.05) is 13.0 Å². The zero-order chi connectivity index (χ0) is 43.9. The number of allylic oxidation sites excluding steroid dienone is 2. The van der Waals surface area contributed by atoms with Crippen LogP contribution in [0.25, 0.3) is 0 Å². The third-order valence-corrected chi connectivity index (χ3v) is 12.4. The van der Waals surface area contributed by atoms with Crippen molar-refractivity contribution in [3.05, 3.63) is 12.2 Å². The molecule has 0 saturated carbocycles. The number of rotatable bonds is 50. The standard InChI is InChI=1S/C50H99O9P/c1-3-5-7-9-11-13-15-17-19-21-22-23-24-25-27-29-31-33-35-37-39-41-43-56-46-49(47-58-60(54,55)57-45-48(52)44-51)59-50(53)42-40-38-36-34-32-30-28-26-20-18-16-14-12-10-8-6-4-2/h21-22,48-49,51-52H,3-20,23-47H2,1-2H3,(H,54,55)/b22-21-. The Labute approximate surface area is 370 Å². The summed E-state index contributed by atoms with van der Waals surface area (Å²) in [4.78, 5) is 22.7. The second-order valence-electron chi connectivity index (χ2n) is 17.5. The first-order valence-corrected chi connectivity index (χ1v) is 27.2. The predicted molar refractivity (Wildman–Crippen MR) is 251 cm³/mol. The van der Waals surface area contributed by atoms with Gasteiger partial charge in [0.1, 0.15) is 12.2 Å². The molecule has 3 unspecified atom stereocenters. The molecule has 0 fully saturated rings. The molecule has 9 nitrogen and oxygen atoms in total. The van der Waals surface area contributed by atoms with E-state index >= 15 is 0 Å². The maximum atomic E-state index is 12.7. The molecule has 0 aromatic carbocycles. The van der Waals surface area contributed by atoms with Crippen molar-refractivity contribution >= 4 is 13.8 Å². The molecule has 60 heavy (non-hydrogen) atoms. The Kier molecular flexibility index (Phi) is 47.0. The predicted octanol–water partition coefficient (Wildman–Crippen LogP) is 14.8. The molecule has 0 aromatic rings. The second kappa shape index (κ2) is 47.7. The van der Waals surface area contributed by atoms with E-state index in [-0.39, 0.29) is 25.6 Å². The molecule has 3 N–H and O–H groups in total. The molecule has 0 aromatic heterocycles. The lowest BCUT2D eigenvalue weighted by Crippen LogP contribution is -2.29. The Morgan fingerprint density at radius 2 is 0.850 bits per heavy atom. The first-order chi connectivity index (χ1) is 29.3. The quantitative estimate of drug-likeness (QED) is 0.0236. The Bertz CT molecular complexity index is 949. The number of aliphatic hydroxyl groups excluding tert-OH is 2. The highest BCUT2D eigenvalue weighted by Gasteiger charge is 2.26. The Morgan fingerprint density at radius 3 is 1.25 bits per heavy atom. The molecule has 3 atom stereocenters. The van der Waals surface area contributed by atoms with Gasteiger partial charge in [-0.3, -0.25) is 13.8 Å². The fourth-order valence-electron chi connectivity index (χ4n) is 7.53. The molecule has 0 rings (SSSR count). The van der Waals surface area contributed by atoms with Gasteiger partial charge >= 0.3 is 13.8 Å². The van der Waals surface area contributed by atoms with Crippen LogP contribution in [0.1, 0.15) is 258 Å². The van der Waals surface area contributed by atoms with E-state index in [1.807, 2.05) is 0 Å². The lowest BCUT2D eigenvalue weighted by atomic mass is 10.0. The summed E-state index contributed by atoms with van der Waals surface area (Å²) in [5.74, 6) is -0.376. The molecule has 0 spiro atoms. The fourth-order valence-corrected chi connectivity index (χ4v) is 8.32. The van der Waals surface area contributed by atoms with E-state index in [4.69, 9.17) is 23.6 Å². The molecule has 0 aliphatic rings. The number of unbranched alkanes of at least 4 members (excludes halogenated alkanes) is 34. The van der Waals surface area contributed by atoms with Crippen LogP contribution in [0.5, 0.6) is 0 Å². The van der Waals surface area contributed by atoms with Crippen LogP contribution in [0.3, 0.4) is 0 Å². The van der Waals surface area contributed by atoms with E-state index in [1.165, 1.54) is 205 Å². The number of ether oxygens (including phenoxy) is 2. The van der Waals surface area contributed by atoms with Crippen molar-refractivity contribution < 1.29 is 43.0 Å². The van der Waals surface area contributed by atoms with Crippen LogP contribution in [-0.4, -0.2) is 66.3 Å². The van der Waals surface area contributed by atoms with Crippen molar-refractivity contribution in [1.82, 2.24) is 0 Å². The highest BCUT2D eigenvalue weighted by molar-refractivity contribution is 7.47. The third kappa shape index (κ3) is 46.7. The van der Waals surface area contributed by atoms with Gasteiger partial charge in [0.05, 0.1) is 26.4 Å². The number of carbonyl (C=O) groups is 1. The maximum absolute atomic E-state index is 12.7. The molecule has 358 valence electrons. The first kappa shape index (κ1) is 59.2. The minimum absolute atomic E-state index is 0.0547. The van der Waals surface area contributed by atoms with E-state index in [1.54, 1.807) is 0 Å². The number of hydrogen-bond acceptors (Lipinski definition) is 8. The van der Waals surface area contributed by atoms with Crippen LogP contribution in [0.15, 0.2) is 12.2 Å². The summed E-state index contributed by atoms with van der Waals surface area (Å²) in [5.41, 5.74) is 0. The van der Waals surface area contributed by atoms with E-state index in [9.17, 15) is 19.4 Å². The number of carbonyl (C=O) groups excluding carboxylic acids is 1. The Balaban J connectivity index is 4.03. The summed E-state index contributed by atoms with van der Waals surface area (Å²) >= 11 is 0. The summed E-state index contributed by atoms with van der Waals surface area (Å²) in [6.45, 7) is 3.58. The highest BCUT2D eigenvalue weighted by atomic mass is 31.2. The molecule has 0 aliphatic heterocycles. The minimum atomic E-state index is -4.52. The molecular formula is C50H99O9P. The van der Waals surface area contributed by atoms with Crippen molar-refractivity contribution in [2.75, 3.05) is 33.0 Å². The van der Waals surface area contributed by atoms with Crippen LogP contribution in [0, 0.1) is 0 Å². The number of aliphatic hydroxyl groups is 2. The monoisotopic (exact) mass is 875 g/mol. The van der Waals surface area contributed by atoms with Gasteiger partial charge < -0.3 is 24.6 Å². The average Bonchev–Trinajstić information content (AvgIpc) is 3.24. The zero-order valence-corrected chi connectivity index (χ0v) is 40.3. The first-order valence-electron chi connectivity index (χ1n) is 25.7. The third-order valence-electron chi connectivity index (χ3n) is 11.5. The smallest absolute Gasteiger partial charge is 0.457 e. The zero-order valence-electron chi connectivity index (χ0n) is 39.5. The van der Waals surface area contributed by atoms with Gasteiger partial charge in [0.25, 0.3) is 0 Å². The minimum Gasteiger partial charge on any atom is -0.457 e. The summed E-state index contributed by atoms with van der Waals surface area (Å²) in [7, 11) is -4.52. The SMILES string of the molecule is CCCCCCCCCC/C=C\CCCCCCCCCCCCOCC(COP(=O)(O)OCC(O)CO)OC(=O)CCCCCCCCCCCCCCCCCCC. The van der Waals surface area contributed by atoms with E-state index < -0.39 is 33.2 Å². The van der Waals surface area contributed by atoms with E-state index in [0.717, 1.165) is 32.1 Å². The summed E-state index contributed by atoms with van der Waals surface area (Å²) in [6.07, 6.45) is 50.3. The number of hydrogen-bond donors (Lipinski definition) is 3. The summed E-state index contributed by atoms with van der Waals surface area (Å²) < 4.78 is 33.5. The number of phosphoric ester groups is 1. The van der Waals surface area contributed by atoms with Crippen LogP contribution in [0.2, 0.25) is 0 Å². The fraction of sp³-hybridized carbons (Fsp3) is 0.940. The molecule has 0 radical (unpaired) electrons. The van der Waals surface area contributed by atoms with Gasteiger partial charge in [0.2, 0.25) is 0 Å². The van der Waals surface area contributed by atoms with Crippen LogP contribution >= 0.6 is 7.82 Å². The molecule has 10 heteroatoms. The normalized spacial score (nSPS) is 13.9. The van der Waals surface area contributed by atoms with Crippen LogP contribution < -0.4 is 0 Å². The van der Waals surface area contributed by atoms with Gasteiger partial charge in [-0.15, -0.1) is 0 Å². The molecule has 0 heterocycles. The lowest BCUT2D eigenvalue weighted by Gasteiger charge is -2.20. The van der Waals surface area contributed by atoms with Crippen LogP contribution in [-0.2, 0) is 27.9 Å². The number of esters is 1. The number of phosphoric acid groups is 1.